The fraction of sp³-hybridized carbons (Fsp3) is 0.733. The summed E-state index contributed by atoms with van der Waals surface area (Å²) in [5.74, 6) is 0.412. The largest absolute Gasteiger partial charge is 0.490 e. The van der Waals surface area contributed by atoms with Crippen LogP contribution in [0.5, 0.6) is 5.75 Å². The van der Waals surface area contributed by atoms with Gasteiger partial charge in [-0.25, -0.2) is 0 Å². The molecule has 0 saturated carbocycles. The highest BCUT2D eigenvalue weighted by atomic mass is 16.5. The standard InChI is InChI=1S/C30H52N4O5/c1-22-19-34(23(2)21-35)30(37)26-18-25(32(6)7)14-15-27(26)39-24(3)12-9-10-17-38-28(22)20-33(8)29(36)13-11-16-31(4)5/h14-15,18,22-24,28,35H,9-13,16-17,19-21H2,1-8H3/t22-,23+,24+,28-/m0/s1. The zero-order valence-corrected chi connectivity index (χ0v) is 25.5. The van der Waals surface area contributed by atoms with Crippen LogP contribution in [0.3, 0.4) is 0 Å². The number of benzene rings is 1. The second-order valence-corrected chi connectivity index (χ2v) is 11.6. The quantitative estimate of drug-likeness (QED) is 0.507. The minimum atomic E-state index is -0.396. The molecule has 0 radical (unpaired) electrons. The summed E-state index contributed by atoms with van der Waals surface area (Å²) in [6.45, 7) is 8.06. The van der Waals surface area contributed by atoms with Crippen molar-refractivity contribution in [2.24, 2.45) is 5.92 Å². The van der Waals surface area contributed by atoms with E-state index in [9.17, 15) is 14.7 Å². The maximum atomic E-state index is 14.1. The second-order valence-electron chi connectivity index (χ2n) is 11.6. The van der Waals surface area contributed by atoms with Crippen molar-refractivity contribution in [3.05, 3.63) is 23.8 Å². The molecule has 9 heteroatoms. The average Bonchev–Trinajstić information content (AvgIpc) is 2.89. The van der Waals surface area contributed by atoms with Crippen LogP contribution in [0.15, 0.2) is 18.2 Å². The Morgan fingerprint density at radius 1 is 1.15 bits per heavy atom. The van der Waals surface area contributed by atoms with E-state index in [2.05, 4.69) is 11.8 Å². The van der Waals surface area contributed by atoms with Crippen molar-refractivity contribution in [1.82, 2.24) is 14.7 Å². The summed E-state index contributed by atoms with van der Waals surface area (Å²) in [7, 11) is 9.72. The highest BCUT2D eigenvalue weighted by molar-refractivity contribution is 5.98. The molecule has 1 aromatic rings. The SMILES string of the molecule is C[C@@H]1CCCCO[C@@H](CN(C)C(=O)CCCN(C)C)[C@@H](C)CN([C@H](C)CO)C(=O)c2cc(N(C)C)ccc2O1. The number of anilines is 1. The predicted octanol–water partition coefficient (Wildman–Crippen LogP) is 3.35. The summed E-state index contributed by atoms with van der Waals surface area (Å²) in [5.41, 5.74) is 1.39. The molecule has 1 aliphatic rings. The lowest BCUT2D eigenvalue weighted by Crippen LogP contribution is -2.48. The fourth-order valence-corrected chi connectivity index (χ4v) is 4.76. The van der Waals surface area contributed by atoms with Crippen LogP contribution in [0, 0.1) is 5.92 Å². The summed E-state index contributed by atoms with van der Waals surface area (Å²) in [6, 6.07) is 5.30. The number of ether oxygens (including phenoxy) is 2. The third-order valence-electron chi connectivity index (χ3n) is 7.43. The molecule has 39 heavy (non-hydrogen) atoms. The third-order valence-corrected chi connectivity index (χ3v) is 7.43. The molecule has 0 aromatic heterocycles. The van der Waals surface area contributed by atoms with E-state index in [1.54, 1.807) is 9.80 Å². The normalized spacial score (nSPS) is 22.1. The number of hydrogen-bond donors (Lipinski definition) is 1. The maximum Gasteiger partial charge on any atom is 0.258 e. The Labute approximate surface area is 236 Å². The number of amides is 2. The lowest BCUT2D eigenvalue weighted by Gasteiger charge is -2.36. The van der Waals surface area contributed by atoms with Crippen LogP contribution in [0.25, 0.3) is 0 Å². The van der Waals surface area contributed by atoms with Gasteiger partial charge in [0.25, 0.3) is 5.91 Å². The number of nitrogens with zero attached hydrogens (tertiary/aromatic N) is 4. The van der Waals surface area contributed by atoms with E-state index in [1.807, 2.05) is 72.2 Å². The molecular weight excluding hydrogens is 496 g/mol. The van der Waals surface area contributed by atoms with Crippen LogP contribution >= 0.6 is 0 Å². The zero-order chi connectivity index (χ0) is 29.1. The molecule has 0 spiro atoms. The predicted molar refractivity (Wildman–Crippen MR) is 157 cm³/mol. The van der Waals surface area contributed by atoms with Gasteiger partial charge in [-0.3, -0.25) is 9.59 Å². The monoisotopic (exact) mass is 548 g/mol. The van der Waals surface area contributed by atoms with Crippen molar-refractivity contribution >= 4 is 17.5 Å². The zero-order valence-electron chi connectivity index (χ0n) is 25.5. The first-order chi connectivity index (χ1) is 18.4. The molecule has 1 heterocycles. The molecule has 2 rings (SSSR count). The number of hydrogen-bond acceptors (Lipinski definition) is 7. The molecule has 0 fully saturated rings. The van der Waals surface area contributed by atoms with E-state index < -0.39 is 6.04 Å². The van der Waals surface area contributed by atoms with Gasteiger partial charge in [-0.05, 0) is 78.4 Å². The third kappa shape index (κ3) is 10.3. The number of aliphatic hydroxyl groups is 1. The number of carbonyl (C=O) groups excluding carboxylic acids is 2. The summed E-state index contributed by atoms with van der Waals surface area (Å²) >= 11 is 0. The maximum absolute atomic E-state index is 14.1. The Balaban J connectivity index is 2.35. The van der Waals surface area contributed by atoms with Gasteiger partial charge in [0.05, 0.1) is 30.4 Å². The van der Waals surface area contributed by atoms with E-state index in [4.69, 9.17) is 9.47 Å². The molecule has 1 aromatic carbocycles. The van der Waals surface area contributed by atoms with Crippen molar-refractivity contribution in [3.63, 3.8) is 0 Å². The van der Waals surface area contributed by atoms with Gasteiger partial charge in [0.2, 0.25) is 5.91 Å². The molecule has 1 N–H and O–H groups in total. The van der Waals surface area contributed by atoms with Crippen molar-refractivity contribution in [3.8, 4) is 5.75 Å². The smallest absolute Gasteiger partial charge is 0.258 e. The van der Waals surface area contributed by atoms with Crippen molar-refractivity contribution in [1.29, 1.82) is 0 Å². The number of rotatable bonds is 9. The van der Waals surface area contributed by atoms with Crippen molar-refractivity contribution in [2.75, 3.05) is 73.0 Å². The van der Waals surface area contributed by atoms with Crippen LogP contribution in [0.2, 0.25) is 0 Å². The van der Waals surface area contributed by atoms with Crippen LogP contribution in [0.1, 0.15) is 63.2 Å². The van der Waals surface area contributed by atoms with Gasteiger partial charge in [0.1, 0.15) is 5.75 Å². The van der Waals surface area contributed by atoms with Gasteiger partial charge in [0.15, 0.2) is 0 Å². The minimum absolute atomic E-state index is 0.0611. The van der Waals surface area contributed by atoms with Crippen molar-refractivity contribution < 1.29 is 24.2 Å². The Kier molecular flexibility index (Phi) is 13.5. The van der Waals surface area contributed by atoms with E-state index in [-0.39, 0.29) is 36.5 Å². The second kappa shape index (κ2) is 16.0. The first-order valence-electron chi connectivity index (χ1n) is 14.3. The number of likely N-dealkylation sites (N-methyl/N-ethyl adjacent to an activating group) is 1. The first kappa shape index (κ1) is 32.8. The van der Waals surface area contributed by atoms with Gasteiger partial charge in [-0.2, -0.15) is 0 Å². The van der Waals surface area contributed by atoms with Gasteiger partial charge < -0.3 is 34.2 Å². The highest BCUT2D eigenvalue weighted by Crippen LogP contribution is 2.29. The van der Waals surface area contributed by atoms with E-state index in [1.165, 1.54) is 0 Å². The minimum Gasteiger partial charge on any atom is -0.490 e. The van der Waals surface area contributed by atoms with Crippen LogP contribution in [-0.4, -0.2) is 118 Å². The lowest BCUT2D eigenvalue weighted by atomic mass is 10.0. The van der Waals surface area contributed by atoms with Gasteiger partial charge in [0, 0.05) is 58.9 Å². The molecule has 0 bridgehead atoms. The summed E-state index contributed by atoms with van der Waals surface area (Å²) < 4.78 is 12.6. The number of carbonyl (C=O) groups is 2. The highest BCUT2D eigenvalue weighted by Gasteiger charge is 2.31. The Hall–Kier alpha value is -2.36. The van der Waals surface area contributed by atoms with Gasteiger partial charge >= 0.3 is 0 Å². The van der Waals surface area contributed by atoms with Crippen LogP contribution in [0.4, 0.5) is 5.69 Å². The number of fused-ring (bicyclic) bond motifs is 1. The molecule has 0 unspecified atom stereocenters. The average molecular weight is 549 g/mol. The molecule has 222 valence electrons. The summed E-state index contributed by atoms with van der Waals surface area (Å²) in [5, 5.41) is 10.1. The Bertz CT molecular complexity index is 909. The Morgan fingerprint density at radius 2 is 1.87 bits per heavy atom. The summed E-state index contributed by atoms with van der Waals surface area (Å²) in [4.78, 5) is 34.4. The topological polar surface area (TPSA) is 85.8 Å². The van der Waals surface area contributed by atoms with Gasteiger partial charge in [-0.15, -0.1) is 0 Å². The van der Waals surface area contributed by atoms with E-state index in [0.717, 1.165) is 37.9 Å². The van der Waals surface area contributed by atoms with Crippen LogP contribution in [-0.2, 0) is 9.53 Å². The molecule has 1 aliphatic heterocycles. The Morgan fingerprint density at radius 3 is 2.51 bits per heavy atom. The molecule has 4 atom stereocenters. The molecule has 0 saturated heterocycles. The molecule has 0 aliphatic carbocycles. The fourth-order valence-electron chi connectivity index (χ4n) is 4.76. The lowest BCUT2D eigenvalue weighted by molar-refractivity contribution is -0.132. The van der Waals surface area contributed by atoms with E-state index >= 15 is 0 Å². The summed E-state index contributed by atoms with van der Waals surface area (Å²) in [6.07, 6.45) is 3.67. The van der Waals surface area contributed by atoms with Crippen LogP contribution < -0.4 is 9.64 Å². The number of aliphatic hydroxyl groups excluding tert-OH is 1. The van der Waals surface area contributed by atoms with E-state index in [0.29, 0.717) is 37.4 Å². The van der Waals surface area contributed by atoms with Gasteiger partial charge in [-0.1, -0.05) is 6.92 Å². The van der Waals surface area contributed by atoms with Crippen molar-refractivity contribution in [2.45, 2.75) is 71.1 Å². The molecule has 9 nitrogen and oxygen atoms in total. The molecular formula is C30H52N4O5. The first-order valence-corrected chi connectivity index (χ1v) is 14.3. The molecule has 2 amide bonds.